The van der Waals surface area contributed by atoms with Gasteiger partial charge in [0.05, 0.1) is 25.9 Å². The molecule has 1 heterocycles. The molecule has 0 aliphatic rings. The van der Waals surface area contributed by atoms with Crippen molar-refractivity contribution in [2.75, 3.05) is 26.6 Å². The van der Waals surface area contributed by atoms with Gasteiger partial charge in [-0.1, -0.05) is 0 Å². The lowest BCUT2D eigenvalue weighted by molar-refractivity contribution is 0.348. The zero-order chi connectivity index (χ0) is 15.2. The Morgan fingerprint density at radius 2 is 1.95 bits per heavy atom. The SMILES string of the molecule is CNc1ncnc(Oc2ccc(C#N)cc2OC)c1OC. The standard InChI is InChI=1S/C14H14N4O3/c1-16-13-12(20-3)14(18-8-17-13)21-10-5-4-9(7-15)6-11(10)19-2/h4-6,8H,1-3H3,(H,16,17,18). The third-order valence-electron chi connectivity index (χ3n) is 2.71. The highest BCUT2D eigenvalue weighted by Gasteiger charge is 2.15. The van der Waals surface area contributed by atoms with Crippen LogP contribution in [0.4, 0.5) is 5.82 Å². The second kappa shape index (κ2) is 6.43. The van der Waals surface area contributed by atoms with Gasteiger partial charge in [-0.3, -0.25) is 0 Å². The minimum atomic E-state index is 0.250. The highest BCUT2D eigenvalue weighted by molar-refractivity contribution is 5.56. The summed E-state index contributed by atoms with van der Waals surface area (Å²) in [5, 5.41) is 11.8. The van der Waals surface area contributed by atoms with Crippen LogP contribution >= 0.6 is 0 Å². The molecule has 1 aromatic carbocycles. The average molecular weight is 286 g/mol. The quantitative estimate of drug-likeness (QED) is 0.901. The molecule has 108 valence electrons. The molecule has 0 saturated carbocycles. The number of nitrogens with one attached hydrogen (secondary N) is 1. The van der Waals surface area contributed by atoms with Crippen molar-refractivity contribution in [3.8, 4) is 29.2 Å². The number of ether oxygens (including phenoxy) is 3. The number of rotatable bonds is 5. The molecule has 7 heteroatoms. The van der Waals surface area contributed by atoms with Gasteiger partial charge in [-0.25, -0.2) is 4.98 Å². The van der Waals surface area contributed by atoms with Crippen molar-refractivity contribution >= 4 is 5.82 Å². The Morgan fingerprint density at radius 3 is 2.57 bits per heavy atom. The normalized spacial score (nSPS) is 9.62. The minimum Gasteiger partial charge on any atom is -0.493 e. The number of hydrogen-bond acceptors (Lipinski definition) is 7. The minimum absolute atomic E-state index is 0.250. The lowest BCUT2D eigenvalue weighted by Crippen LogP contribution is -2.01. The van der Waals surface area contributed by atoms with Crippen LogP contribution in [0.5, 0.6) is 23.1 Å². The molecule has 0 saturated heterocycles. The van der Waals surface area contributed by atoms with Gasteiger partial charge >= 0.3 is 0 Å². The molecule has 0 aliphatic heterocycles. The third kappa shape index (κ3) is 2.95. The summed E-state index contributed by atoms with van der Waals surface area (Å²) in [5.74, 6) is 2.00. The smallest absolute Gasteiger partial charge is 0.268 e. The summed E-state index contributed by atoms with van der Waals surface area (Å²) in [7, 11) is 4.72. The van der Waals surface area contributed by atoms with Crippen molar-refractivity contribution < 1.29 is 14.2 Å². The maximum atomic E-state index is 8.89. The predicted molar refractivity (Wildman–Crippen MR) is 75.9 cm³/mol. The van der Waals surface area contributed by atoms with Gasteiger partial charge in [-0.05, 0) is 12.1 Å². The van der Waals surface area contributed by atoms with Crippen LogP contribution in [0.2, 0.25) is 0 Å². The number of nitrogens with zero attached hydrogens (tertiary/aromatic N) is 3. The maximum Gasteiger partial charge on any atom is 0.268 e. The van der Waals surface area contributed by atoms with E-state index in [1.165, 1.54) is 20.5 Å². The molecule has 1 N–H and O–H groups in total. The zero-order valence-electron chi connectivity index (χ0n) is 11.9. The first-order valence-corrected chi connectivity index (χ1v) is 6.06. The van der Waals surface area contributed by atoms with E-state index in [0.29, 0.717) is 28.6 Å². The summed E-state index contributed by atoms with van der Waals surface area (Å²) in [6.07, 6.45) is 1.36. The van der Waals surface area contributed by atoms with Crippen LogP contribution in [0.15, 0.2) is 24.5 Å². The van der Waals surface area contributed by atoms with Crippen LogP contribution in [-0.4, -0.2) is 31.2 Å². The van der Waals surface area contributed by atoms with E-state index in [0.717, 1.165) is 0 Å². The van der Waals surface area contributed by atoms with Gasteiger partial charge in [0, 0.05) is 13.1 Å². The number of methoxy groups -OCH3 is 2. The Labute approximate surface area is 122 Å². The van der Waals surface area contributed by atoms with Crippen LogP contribution in [0, 0.1) is 11.3 Å². The zero-order valence-corrected chi connectivity index (χ0v) is 11.9. The van der Waals surface area contributed by atoms with Gasteiger partial charge < -0.3 is 19.5 Å². The summed E-state index contributed by atoms with van der Waals surface area (Å²) in [4.78, 5) is 8.09. The van der Waals surface area contributed by atoms with E-state index in [9.17, 15) is 0 Å². The molecule has 21 heavy (non-hydrogen) atoms. The van der Waals surface area contributed by atoms with Crippen LogP contribution in [-0.2, 0) is 0 Å². The summed E-state index contributed by atoms with van der Waals surface area (Å²) in [6, 6.07) is 6.89. The fourth-order valence-electron chi connectivity index (χ4n) is 1.72. The summed E-state index contributed by atoms with van der Waals surface area (Å²) >= 11 is 0. The number of anilines is 1. The van der Waals surface area contributed by atoms with E-state index in [-0.39, 0.29) is 5.88 Å². The molecule has 0 amide bonds. The summed E-state index contributed by atoms with van der Waals surface area (Å²) < 4.78 is 16.2. The highest BCUT2D eigenvalue weighted by Crippen LogP contribution is 2.37. The fourth-order valence-corrected chi connectivity index (χ4v) is 1.72. The molecule has 2 aromatic rings. The van der Waals surface area contributed by atoms with Gasteiger partial charge in [0.2, 0.25) is 5.75 Å². The number of aromatic nitrogens is 2. The van der Waals surface area contributed by atoms with Crippen LogP contribution < -0.4 is 19.5 Å². The van der Waals surface area contributed by atoms with Gasteiger partial charge in [-0.15, -0.1) is 0 Å². The second-order valence-corrected chi connectivity index (χ2v) is 3.89. The molecular weight excluding hydrogens is 272 g/mol. The first-order valence-electron chi connectivity index (χ1n) is 6.06. The van der Waals surface area contributed by atoms with Crippen molar-refractivity contribution in [1.29, 1.82) is 5.26 Å². The van der Waals surface area contributed by atoms with Crippen molar-refractivity contribution in [2.24, 2.45) is 0 Å². The van der Waals surface area contributed by atoms with E-state index in [1.807, 2.05) is 6.07 Å². The van der Waals surface area contributed by atoms with Crippen molar-refractivity contribution in [3.05, 3.63) is 30.1 Å². The Kier molecular flexibility index (Phi) is 4.41. The van der Waals surface area contributed by atoms with Gasteiger partial charge in [0.25, 0.3) is 5.88 Å². The molecule has 0 aliphatic carbocycles. The van der Waals surface area contributed by atoms with Crippen molar-refractivity contribution in [3.63, 3.8) is 0 Å². The van der Waals surface area contributed by atoms with Gasteiger partial charge in [-0.2, -0.15) is 10.2 Å². The molecule has 1 aromatic heterocycles. The average Bonchev–Trinajstić information content (AvgIpc) is 2.54. The second-order valence-electron chi connectivity index (χ2n) is 3.89. The van der Waals surface area contributed by atoms with Crippen LogP contribution in [0.3, 0.4) is 0 Å². The first-order chi connectivity index (χ1) is 10.2. The van der Waals surface area contributed by atoms with E-state index >= 15 is 0 Å². The predicted octanol–water partition coefficient (Wildman–Crippen LogP) is 2.20. The molecule has 0 radical (unpaired) electrons. The number of hydrogen-bond donors (Lipinski definition) is 1. The van der Waals surface area contributed by atoms with Gasteiger partial charge in [0.15, 0.2) is 17.3 Å². The van der Waals surface area contributed by atoms with Crippen molar-refractivity contribution in [1.82, 2.24) is 9.97 Å². The lowest BCUT2D eigenvalue weighted by Gasteiger charge is -2.13. The molecule has 0 spiro atoms. The molecule has 0 fully saturated rings. The topological polar surface area (TPSA) is 89.3 Å². The van der Waals surface area contributed by atoms with E-state index in [4.69, 9.17) is 19.5 Å². The van der Waals surface area contributed by atoms with E-state index in [1.54, 1.807) is 25.2 Å². The van der Waals surface area contributed by atoms with Gasteiger partial charge in [0.1, 0.15) is 6.33 Å². The molecular formula is C14H14N4O3. The highest BCUT2D eigenvalue weighted by atomic mass is 16.5. The monoisotopic (exact) mass is 286 g/mol. The van der Waals surface area contributed by atoms with E-state index in [2.05, 4.69) is 15.3 Å². The van der Waals surface area contributed by atoms with Crippen molar-refractivity contribution in [2.45, 2.75) is 0 Å². The molecule has 0 unspecified atom stereocenters. The number of nitriles is 1. The fraction of sp³-hybridized carbons (Fsp3) is 0.214. The summed E-state index contributed by atoms with van der Waals surface area (Å²) in [6.45, 7) is 0. The van der Waals surface area contributed by atoms with Crippen LogP contribution in [0.1, 0.15) is 5.56 Å². The Hall–Kier alpha value is -3.01. The molecule has 0 atom stereocenters. The largest absolute Gasteiger partial charge is 0.493 e. The lowest BCUT2D eigenvalue weighted by atomic mass is 10.2. The van der Waals surface area contributed by atoms with E-state index < -0.39 is 0 Å². The molecule has 7 nitrogen and oxygen atoms in total. The third-order valence-corrected chi connectivity index (χ3v) is 2.71. The Morgan fingerprint density at radius 1 is 1.14 bits per heavy atom. The molecule has 0 bridgehead atoms. The Bertz CT molecular complexity index is 682. The maximum absolute atomic E-state index is 8.89. The van der Waals surface area contributed by atoms with Crippen LogP contribution in [0.25, 0.3) is 0 Å². The number of benzene rings is 1. The summed E-state index contributed by atoms with van der Waals surface area (Å²) in [5.41, 5.74) is 0.477. The molecule has 2 rings (SSSR count). The first kappa shape index (κ1) is 14.4. The Balaban J connectivity index is 2.41.